The Hall–Kier alpha value is -1.82. The molecule has 1 aliphatic heterocycles. The number of urea groups is 1. The molecule has 2 amide bonds. The number of carbonyl (C=O) groups is 2. The number of benzene rings is 1. The van der Waals surface area contributed by atoms with Crippen molar-refractivity contribution in [3.05, 3.63) is 46.6 Å². The van der Waals surface area contributed by atoms with Gasteiger partial charge in [-0.1, -0.05) is 54.6 Å². The standard InChI is InChI=1S/C16H19BrN2O3/c1-9(2)8-22-15(20)13-10(3)18-16(21)19-14(13)11-6-4-5-7-12(11)17/h4-7,9,13-14H,3,8H2,1-2H3,(H2,18,19,21). The van der Waals surface area contributed by atoms with Gasteiger partial charge in [-0.15, -0.1) is 0 Å². The van der Waals surface area contributed by atoms with E-state index in [4.69, 9.17) is 4.74 Å². The zero-order valence-corrected chi connectivity index (χ0v) is 14.1. The predicted octanol–water partition coefficient (Wildman–Crippen LogP) is 3.13. The summed E-state index contributed by atoms with van der Waals surface area (Å²) in [5, 5.41) is 5.34. The average molecular weight is 367 g/mol. The van der Waals surface area contributed by atoms with Crippen LogP contribution < -0.4 is 10.6 Å². The van der Waals surface area contributed by atoms with E-state index >= 15 is 0 Å². The minimum absolute atomic E-state index is 0.241. The van der Waals surface area contributed by atoms with Crippen molar-refractivity contribution in [1.82, 2.24) is 10.6 Å². The molecule has 0 bridgehead atoms. The van der Waals surface area contributed by atoms with Crippen molar-refractivity contribution in [3.8, 4) is 0 Å². The van der Waals surface area contributed by atoms with Crippen LogP contribution in [0.4, 0.5) is 4.79 Å². The SMILES string of the molecule is C=C1NC(=O)NC(c2ccccc2Br)C1C(=O)OCC(C)C. The number of rotatable bonds is 4. The topological polar surface area (TPSA) is 67.4 Å². The van der Waals surface area contributed by atoms with Crippen molar-refractivity contribution in [3.63, 3.8) is 0 Å². The van der Waals surface area contributed by atoms with Gasteiger partial charge >= 0.3 is 12.0 Å². The lowest BCUT2D eigenvalue weighted by Gasteiger charge is -2.33. The molecular weight excluding hydrogens is 348 g/mol. The Morgan fingerprint density at radius 1 is 1.41 bits per heavy atom. The van der Waals surface area contributed by atoms with Gasteiger partial charge in [0.15, 0.2) is 0 Å². The van der Waals surface area contributed by atoms with Crippen molar-refractivity contribution >= 4 is 27.9 Å². The van der Waals surface area contributed by atoms with Gasteiger partial charge in [0.2, 0.25) is 0 Å². The molecule has 1 aromatic carbocycles. The van der Waals surface area contributed by atoms with Crippen LogP contribution in [0.1, 0.15) is 25.5 Å². The van der Waals surface area contributed by atoms with E-state index in [-0.39, 0.29) is 11.9 Å². The maximum absolute atomic E-state index is 12.4. The van der Waals surface area contributed by atoms with Crippen molar-refractivity contribution in [2.45, 2.75) is 19.9 Å². The second-order valence-electron chi connectivity index (χ2n) is 5.62. The van der Waals surface area contributed by atoms with Gasteiger partial charge in [0.05, 0.1) is 12.6 Å². The summed E-state index contributed by atoms with van der Waals surface area (Å²) in [5.41, 5.74) is 1.16. The van der Waals surface area contributed by atoms with Crippen LogP contribution in [0, 0.1) is 11.8 Å². The molecule has 1 fully saturated rings. The van der Waals surface area contributed by atoms with Crippen molar-refractivity contribution < 1.29 is 14.3 Å². The number of nitrogens with one attached hydrogen (secondary N) is 2. The Labute approximate surface area is 138 Å². The number of halogens is 1. The first kappa shape index (κ1) is 16.5. The van der Waals surface area contributed by atoms with E-state index in [1.807, 2.05) is 38.1 Å². The van der Waals surface area contributed by atoms with E-state index < -0.39 is 17.9 Å². The molecule has 2 N–H and O–H groups in total. The van der Waals surface area contributed by atoms with Crippen molar-refractivity contribution in [1.29, 1.82) is 0 Å². The Balaban J connectivity index is 2.30. The highest BCUT2D eigenvalue weighted by molar-refractivity contribution is 9.10. The molecule has 1 aliphatic rings. The molecule has 5 nitrogen and oxygen atoms in total. The van der Waals surface area contributed by atoms with Crippen LogP contribution >= 0.6 is 15.9 Å². The number of hydrogen-bond acceptors (Lipinski definition) is 3. The molecule has 6 heteroatoms. The summed E-state index contributed by atoms with van der Waals surface area (Å²) in [6, 6.07) is 6.56. The maximum Gasteiger partial charge on any atom is 0.319 e. The normalized spacial score (nSPS) is 21.3. The molecule has 2 rings (SSSR count). The summed E-state index contributed by atoms with van der Waals surface area (Å²) >= 11 is 3.46. The second kappa shape index (κ2) is 6.96. The fourth-order valence-corrected chi connectivity index (χ4v) is 2.82. The van der Waals surface area contributed by atoms with Crippen LogP contribution in [0.5, 0.6) is 0 Å². The van der Waals surface area contributed by atoms with Gasteiger partial charge in [-0.05, 0) is 17.5 Å². The molecule has 22 heavy (non-hydrogen) atoms. The average Bonchev–Trinajstić information content (AvgIpc) is 2.44. The Morgan fingerprint density at radius 3 is 2.73 bits per heavy atom. The Morgan fingerprint density at radius 2 is 2.09 bits per heavy atom. The van der Waals surface area contributed by atoms with Gasteiger partial charge < -0.3 is 15.4 Å². The highest BCUT2D eigenvalue weighted by atomic mass is 79.9. The molecule has 0 saturated carbocycles. The Bertz CT molecular complexity index is 601. The number of hydrogen-bond donors (Lipinski definition) is 2. The summed E-state index contributed by atoms with van der Waals surface area (Å²) in [6.45, 7) is 8.08. The number of esters is 1. The van der Waals surface area contributed by atoms with E-state index in [9.17, 15) is 9.59 Å². The van der Waals surface area contributed by atoms with Crippen molar-refractivity contribution in [2.75, 3.05) is 6.61 Å². The molecular formula is C16H19BrN2O3. The third kappa shape index (κ3) is 3.68. The first-order valence-corrected chi connectivity index (χ1v) is 7.86. The lowest BCUT2D eigenvalue weighted by molar-refractivity contribution is -0.149. The molecule has 118 valence electrons. The maximum atomic E-state index is 12.4. The smallest absolute Gasteiger partial charge is 0.319 e. The molecule has 1 aromatic rings. The first-order valence-electron chi connectivity index (χ1n) is 7.07. The summed E-state index contributed by atoms with van der Waals surface area (Å²) in [4.78, 5) is 24.2. The molecule has 0 radical (unpaired) electrons. The van der Waals surface area contributed by atoms with Gasteiger partial charge in [-0.3, -0.25) is 4.79 Å². The van der Waals surface area contributed by atoms with Gasteiger partial charge in [-0.2, -0.15) is 0 Å². The largest absolute Gasteiger partial charge is 0.465 e. The minimum Gasteiger partial charge on any atom is -0.465 e. The minimum atomic E-state index is -0.671. The molecule has 0 aliphatic carbocycles. The third-order valence-electron chi connectivity index (χ3n) is 3.32. The van der Waals surface area contributed by atoms with Crippen molar-refractivity contribution in [2.24, 2.45) is 11.8 Å². The lowest BCUT2D eigenvalue weighted by Crippen LogP contribution is -2.51. The highest BCUT2D eigenvalue weighted by Gasteiger charge is 2.39. The van der Waals surface area contributed by atoms with Crippen LogP contribution in [0.3, 0.4) is 0 Å². The molecule has 0 spiro atoms. The lowest BCUT2D eigenvalue weighted by atomic mass is 9.89. The van der Waals surface area contributed by atoms with E-state index in [2.05, 4.69) is 33.1 Å². The van der Waals surface area contributed by atoms with Gasteiger partial charge in [0.25, 0.3) is 0 Å². The summed E-state index contributed by atoms with van der Waals surface area (Å²) in [6.07, 6.45) is 0. The summed E-state index contributed by atoms with van der Waals surface area (Å²) in [7, 11) is 0. The highest BCUT2D eigenvalue weighted by Crippen LogP contribution is 2.34. The summed E-state index contributed by atoms with van der Waals surface area (Å²) < 4.78 is 6.15. The predicted molar refractivity (Wildman–Crippen MR) is 87.0 cm³/mol. The van der Waals surface area contributed by atoms with E-state index in [1.54, 1.807) is 0 Å². The van der Waals surface area contributed by atoms with Crippen LogP contribution in [0.2, 0.25) is 0 Å². The van der Waals surface area contributed by atoms with Crippen LogP contribution in [-0.2, 0) is 9.53 Å². The number of ether oxygens (including phenoxy) is 1. The van der Waals surface area contributed by atoms with Crippen LogP contribution in [0.15, 0.2) is 41.0 Å². The van der Waals surface area contributed by atoms with E-state index in [0.29, 0.717) is 12.3 Å². The molecule has 2 unspecified atom stereocenters. The zero-order valence-electron chi connectivity index (χ0n) is 12.6. The van der Waals surface area contributed by atoms with Gasteiger partial charge in [0.1, 0.15) is 5.92 Å². The molecule has 1 heterocycles. The first-order chi connectivity index (χ1) is 10.4. The third-order valence-corrected chi connectivity index (χ3v) is 4.04. The van der Waals surface area contributed by atoms with E-state index in [1.165, 1.54) is 0 Å². The molecule has 2 atom stereocenters. The number of carbonyl (C=O) groups excluding carboxylic acids is 2. The van der Waals surface area contributed by atoms with E-state index in [0.717, 1.165) is 10.0 Å². The molecule has 1 saturated heterocycles. The van der Waals surface area contributed by atoms with Crippen LogP contribution in [-0.4, -0.2) is 18.6 Å². The summed E-state index contributed by atoms with van der Waals surface area (Å²) in [5.74, 6) is -0.827. The van der Waals surface area contributed by atoms with Gasteiger partial charge in [-0.25, -0.2) is 4.79 Å². The molecule has 0 aromatic heterocycles. The second-order valence-corrected chi connectivity index (χ2v) is 6.48. The fraction of sp³-hybridized carbons (Fsp3) is 0.375. The quantitative estimate of drug-likeness (QED) is 0.804. The number of amides is 2. The zero-order chi connectivity index (χ0) is 16.3. The van der Waals surface area contributed by atoms with Crippen LogP contribution in [0.25, 0.3) is 0 Å². The Kier molecular flexibility index (Phi) is 5.24. The monoisotopic (exact) mass is 366 g/mol. The van der Waals surface area contributed by atoms with Gasteiger partial charge in [0, 0.05) is 10.2 Å². The fourth-order valence-electron chi connectivity index (χ4n) is 2.29.